The molecule has 0 amide bonds. The quantitative estimate of drug-likeness (QED) is 0.909. The summed E-state index contributed by atoms with van der Waals surface area (Å²) in [5.41, 5.74) is 8.95. The van der Waals surface area contributed by atoms with Gasteiger partial charge in [0.2, 0.25) is 5.95 Å². The van der Waals surface area contributed by atoms with Gasteiger partial charge in [-0.15, -0.1) is 0 Å². The number of nitrogens with two attached hydrogens (primary N) is 1. The van der Waals surface area contributed by atoms with Crippen molar-refractivity contribution in [3.63, 3.8) is 0 Å². The van der Waals surface area contributed by atoms with Gasteiger partial charge in [0, 0.05) is 6.54 Å². The van der Waals surface area contributed by atoms with E-state index in [-0.39, 0.29) is 0 Å². The monoisotopic (exact) mass is 268 g/mol. The number of benzene rings is 1. The van der Waals surface area contributed by atoms with E-state index < -0.39 is 0 Å². The lowest BCUT2D eigenvalue weighted by Gasteiger charge is -2.08. The summed E-state index contributed by atoms with van der Waals surface area (Å²) in [5, 5.41) is 9.16. The van der Waals surface area contributed by atoms with Gasteiger partial charge in [0.25, 0.3) is 0 Å². The van der Waals surface area contributed by atoms with Crippen molar-refractivity contribution in [2.75, 3.05) is 5.73 Å². The topological polar surface area (TPSA) is 67.6 Å². The number of hydrogen-bond donors (Lipinski definition) is 1. The van der Waals surface area contributed by atoms with E-state index in [9.17, 15) is 0 Å². The summed E-state index contributed by atoms with van der Waals surface area (Å²) in [6.45, 7) is 10.1. The summed E-state index contributed by atoms with van der Waals surface area (Å²) in [5.74, 6) is 1.07. The average molecular weight is 268 g/mol. The van der Waals surface area contributed by atoms with Crippen molar-refractivity contribution in [1.29, 1.82) is 5.26 Å². The molecule has 2 aromatic rings. The molecule has 1 saturated carbocycles. The Morgan fingerprint density at radius 2 is 1.95 bits per heavy atom. The summed E-state index contributed by atoms with van der Waals surface area (Å²) in [6.07, 6.45) is 0. The van der Waals surface area contributed by atoms with Crippen LogP contribution in [0.25, 0.3) is 11.0 Å². The Balaban J connectivity index is 2.06. The molecule has 0 radical (unpaired) electrons. The van der Waals surface area contributed by atoms with Gasteiger partial charge in [0.1, 0.15) is 11.6 Å². The standard InChI is InChI=1S/C16H20N4/c1-15(2)12(16(15,3)4)9-20-11-7-5-6-10(8-17)13(11)19-14(20)18/h5-7,12H,9H2,1-4H3,(H2,18,19). The minimum Gasteiger partial charge on any atom is -0.369 e. The number of anilines is 1. The second-order valence-electron chi connectivity index (χ2n) is 6.86. The first-order valence-corrected chi connectivity index (χ1v) is 6.95. The van der Waals surface area contributed by atoms with Gasteiger partial charge in [-0.05, 0) is 28.9 Å². The Morgan fingerprint density at radius 1 is 1.30 bits per heavy atom. The molecule has 0 unspecified atom stereocenters. The second-order valence-corrected chi connectivity index (χ2v) is 6.86. The fourth-order valence-electron chi connectivity index (χ4n) is 3.42. The average Bonchev–Trinajstić information content (AvgIpc) is 2.67. The van der Waals surface area contributed by atoms with Crippen LogP contribution in [0.15, 0.2) is 18.2 Å². The number of nitriles is 1. The van der Waals surface area contributed by atoms with Crippen LogP contribution in [0.5, 0.6) is 0 Å². The van der Waals surface area contributed by atoms with E-state index in [4.69, 9.17) is 11.0 Å². The lowest BCUT2D eigenvalue weighted by atomic mass is 10.0. The van der Waals surface area contributed by atoms with Crippen molar-refractivity contribution in [2.24, 2.45) is 16.7 Å². The summed E-state index contributed by atoms with van der Waals surface area (Å²) < 4.78 is 2.05. The predicted molar refractivity (Wildman–Crippen MR) is 79.9 cm³/mol. The van der Waals surface area contributed by atoms with E-state index in [1.54, 1.807) is 6.07 Å². The lowest BCUT2D eigenvalue weighted by molar-refractivity contribution is 0.457. The van der Waals surface area contributed by atoms with Crippen molar-refractivity contribution in [3.05, 3.63) is 23.8 Å². The maximum Gasteiger partial charge on any atom is 0.201 e. The predicted octanol–water partition coefficient (Wildman–Crippen LogP) is 3.17. The Bertz CT molecular complexity index is 717. The van der Waals surface area contributed by atoms with Crippen molar-refractivity contribution >= 4 is 17.0 Å². The SMILES string of the molecule is CC1(C)C(Cn2c(N)nc3c(C#N)cccc32)C1(C)C. The fraction of sp³-hybridized carbons (Fsp3) is 0.500. The third-order valence-corrected chi connectivity index (χ3v) is 5.61. The Morgan fingerprint density at radius 3 is 2.50 bits per heavy atom. The molecule has 4 nitrogen and oxygen atoms in total. The van der Waals surface area contributed by atoms with Gasteiger partial charge in [0.15, 0.2) is 0 Å². The molecule has 0 bridgehead atoms. The van der Waals surface area contributed by atoms with E-state index in [2.05, 4.69) is 43.3 Å². The van der Waals surface area contributed by atoms with Gasteiger partial charge >= 0.3 is 0 Å². The molecule has 104 valence electrons. The minimum atomic E-state index is 0.308. The number of aromatic nitrogens is 2. The molecule has 0 aliphatic heterocycles. The smallest absolute Gasteiger partial charge is 0.201 e. The first kappa shape index (κ1) is 13.0. The summed E-state index contributed by atoms with van der Waals surface area (Å²) in [4.78, 5) is 4.38. The number of hydrogen-bond acceptors (Lipinski definition) is 3. The van der Waals surface area contributed by atoms with Crippen LogP contribution < -0.4 is 5.73 Å². The van der Waals surface area contributed by atoms with Crippen molar-refractivity contribution < 1.29 is 0 Å². The Labute approximate surface area is 119 Å². The molecule has 0 saturated heterocycles. The number of imidazole rings is 1. The van der Waals surface area contributed by atoms with Gasteiger partial charge in [-0.25, -0.2) is 4.98 Å². The zero-order chi connectivity index (χ0) is 14.7. The maximum absolute atomic E-state index is 9.16. The third kappa shape index (κ3) is 1.49. The van der Waals surface area contributed by atoms with Crippen LogP contribution in [0.2, 0.25) is 0 Å². The van der Waals surface area contributed by atoms with Gasteiger partial charge in [-0.1, -0.05) is 33.8 Å². The number of nitrogens with zero attached hydrogens (tertiary/aromatic N) is 3. The van der Waals surface area contributed by atoms with Gasteiger partial charge in [-0.2, -0.15) is 5.26 Å². The number of rotatable bonds is 2. The molecular weight excluding hydrogens is 248 g/mol. The summed E-state index contributed by atoms with van der Waals surface area (Å²) >= 11 is 0. The second kappa shape index (κ2) is 3.76. The molecule has 3 rings (SSSR count). The summed E-state index contributed by atoms with van der Waals surface area (Å²) in [7, 11) is 0. The van der Waals surface area contributed by atoms with Gasteiger partial charge < -0.3 is 10.3 Å². The van der Waals surface area contributed by atoms with E-state index in [0.717, 1.165) is 12.1 Å². The highest BCUT2D eigenvalue weighted by Gasteiger charge is 2.64. The molecule has 1 heterocycles. The van der Waals surface area contributed by atoms with Crippen LogP contribution in [0, 0.1) is 28.1 Å². The zero-order valence-corrected chi connectivity index (χ0v) is 12.4. The van der Waals surface area contributed by atoms with Gasteiger partial charge in [0.05, 0.1) is 11.1 Å². The zero-order valence-electron chi connectivity index (χ0n) is 12.4. The molecule has 0 spiro atoms. The first-order valence-electron chi connectivity index (χ1n) is 6.95. The van der Waals surface area contributed by atoms with Crippen LogP contribution in [-0.2, 0) is 6.54 Å². The molecule has 20 heavy (non-hydrogen) atoms. The van der Waals surface area contributed by atoms with Crippen molar-refractivity contribution in [2.45, 2.75) is 34.2 Å². The Hall–Kier alpha value is -2.02. The molecule has 1 aromatic carbocycles. The van der Waals surface area contributed by atoms with Crippen molar-refractivity contribution in [1.82, 2.24) is 9.55 Å². The highest BCUT2D eigenvalue weighted by atomic mass is 15.2. The molecule has 1 aromatic heterocycles. The molecule has 1 aliphatic rings. The Kier molecular flexibility index (Phi) is 2.44. The van der Waals surface area contributed by atoms with E-state index >= 15 is 0 Å². The van der Waals surface area contributed by atoms with Crippen LogP contribution in [-0.4, -0.2) is 9.55 Å². The first-order chi connectivity index (χ1) is 9.30. The molecule has 1 fully saturated rings. The third-order valence-electron chi connectivity index (χ3n) is 5.61. The van der Waals surface area contributed by atoms with Crippen LogP contribution in [0.3, 0.4) is 0 Å². The number of para-hydroxylation sites is 1. The highest BCUT2D eigenvalue weighted by molar-refractivity contribution is 5.84. The number of nitrogen functional groups attached to an aromatic ring is 1. The number of fused-ring (bicyclic) bond motifs is 1. The summed E-state index contributed by atoms with van der Waals surface area (Å²) in [6, 6.07) is 7.84. The molecule has 1 aliphatic carbocycles. The normalized spacial score (nSPS) is 19.9. The minimum absolute atomic E-state index is 0.308. The molecule has 2 N–H and O–H groups in total. The van der Waals surface area contributed by atoms with Crippen LogP contribution in [0.4, 0.5) is 5.95 Å². The van der Waals surface area contributed by atoms with Crippen LogP contribution >= 0.6 is 0 Å². The fourth-order valence-corrected chi connectivity index (χ4v) is 3.42. The molecule has 4 heteroatoms. The largest absolute Gasteiger partial charge is 0.369 e. The highest BCUT2D eigenvalue weighted by Crippen LogP contribution is 2.69. The lowest BCUT2D eigenvalue weighted by Crippen LogP contribution is -2.08. The van der Waals surface area contributed by atoms with Crippen LogP contribution in [0.1, 0.15) is 33.3 Å². The van der Waals surface area contributed by atoms with E-state index in [1.807, 2.05) is 12.1 Å². The molecular formula is C16H20N4. The van der Waals surface area contributed by atoms with E-state index in [1.165, 1.54) is 0 Å². The molecule has 0 atom stereocenters. The van der Waals surface area contributed by atoms with E-state index in [0.29, 0.717) is 33.8 Å². The van der Waals surface area contributed by atoms with Gasteiger partial charge in [-0.3, -0.25) is 0 Å². The van der Waals surface area contributed by atoms with Crippen molar-refractivity contribution in [3.8, 4) is 6.07 Å². The maximum atomic E-state index is 9.16.